The summed E-state index contributed by atoms with van der Waals surface area (Å²) < 4.78 is 11.2. The Balaban J connectivity index is 3.46. The van der Waals surface area contributed by atoms with E-state index in [0.29, 0.717) is 11.3 Å². The number of carbonyl (C=O) groups excluding carboxylic acids is 1. The summed E-state index contributed by atoms with van der Waals surface area (Å²) in [5, 5.41) is 10.3. The van der Waals surface area contributed by atoms with Crippen LogP contribution in [0.4, 0.5) is 0 Å². The summed E-state index contributed by atoms with van der Waals surface area (Å²) in [6.07, 6.45) is -1.35. The monoisotopic (exact) mass is 344 g/mol. The second kappa shape index (κ2) is 7.09. The zero-order chi connectivity index (χ0) is 15.4. The van der Waals surface area contributed by atoms with Crippen molar-refractivity contribution in [2.45, 2.75) is 39.7 Å². The quantitative estimate of drug-likeness (QED) is 0.830. The minimum Gasteiger partial charge on any atom is -0.496 e. The number of carbonyl (C=O) groups is 1. The predicted octanol–water partition coefficient (Wildman–Crippen LogP) is 3.49. The molecule has 4 nitrogen and oxygen atoms in total. The largest absolute Gasteiger partial charge is 0.496 e. The standard InChI is InChI=1S/C15H21BrO4/c1-6-20-15(18)13(17)12-9(4)11(16)7-10(8(2)3)14(12)19-5/h7-8,13,17H,6H2,1-5H3. The average molecular weight is 345 g/mol. The van der Waals surface area contributed by atoms with Crippen molar-refractivity contribution < 1.29 is 19.4 Å². The number of halogens is 1. The van der Waals surface area contributed by atoms with Crippen LogP contribution in [0.3, 0.4) is 0 Å². The van der Waals surface area contributed by atoms with Gasteiger partial charge in [-0.25, -0.2) is 4.79 Å². The van der Waals surface area contributed by atoms with E-state index in [9.17, 15) is 9.90 Å². The molecule has 0 fully saturated rings. The molecule has 0 radical (unpaired) electrons. The van der Waals surface area contributed by atoms with Gasteiger partial charge in [0.05, 0.1) is 13.7 Å². The lowest BCUT2D eigenvalue weighted by Gasteiger charge is -2.22. The molecule has 1 N–H and O–H groups in total. The van der Waals surface area contributed by atoms with Gasteiger partial charge in [0, 0.05) is 10.0 Å². The van der Waals surface area contributed by atoms with E-state index in [2.05, 4.69) is 15.9 Å². The van der Waals surface area contributed by atoms with E-state index in [1.807, 2.05) is 26.8 Å². The Bertz CT molecular complexity index is 497. The fourth-order valence-electron chi connectivity index (χ4n) is 2.09. The summed E-state index contributed by atoms with van der Waals surface area (Å²) in [6.45, 7) is 7.81. The Morgan fingerprint density at radius 3 is 2.50 bits per heavy atom. The normalized spacial score (nSPS) is 12.4. The zero-order valence-corrected chi connectivity index (χ0v) is 14.1. The molecular weight excluding hydrogens is 324 g/mol. The van der Waals surface area contributed by atoms with Gasteiger partial charge < -0.3 is 14.6 Å². The van der Waals surface area contributed by atoms with Crippen molar-refractivity contribution >= 4 is 21.9 Å². The molecule has 20 heavy (non-hydrogen) atoms. The molecule has 5 heteroatoms. The van der Waals surface area contributed by atoms with Crippen LogP contribution in [0.2, 0.25) is 0 Å². The zero-order valence-electron chi connectivity index (χ0n) is 12.5. The highest BCUT2D eigenvalue weighted by Crippen LogP contribution is 2.40. The number of aliphatic hydroxyl groups is 1. The molecule has 0 bridgehead atoms. The molecule has 0 saturated heterocycles. The van der Waals surface area contributed by atoms with Crippen molar-refractivity contribution in [3.05, 3.63) is 27.2 Å². The highest BCUT2D eigenvalue weighted by atomic mass is 79.9. The molecule has 0 aliphatic heterocycles. The van der Waals surface area contributed by atoms with Gasteiger partial charge >= 0.3 is 5.97 Å². The van der Waals surface area contributed by atoms with Gasteiger partial charge in [-0.05, 0) is 37.0 Å². The molecule has 0 aromatic heterocycles. The van der Waals surface area contributed by atoms with Crippen molar-refractivity contribution in [2.24, 2.45) is 0 Å². The third kappa shape index (κ3) is 3.33. The molecular formula is C15H21BrO4. The van der Waals surface area contributed by atoms with Crippen LogP contribution in [0.15, 0.2) is 10.5 Å². The lowest BCUT2D eigenvalue weighted by Crippen LogP contribution is -2.18. The van der Waals surface area contributed by atoms with Gasteiger partial charge in [-0.2, -0.15) is 0 Å². The molecule has 0 aliphatic rings. The lowest BCUT2D eigenvalue weighted by molar-refractivity contribution is -0.153. The maximum atomic E-state index is 11.8. The van der Waals surface area contributed by atoms with Crippen molar-refractivity contribution in [1.29, 1.82) is 0 Å². The van der Waals surface area contributed by atoms with Crippen LogP contribution >= 0.6 is 15.9 Å². The van der Waals surface area contributed by atoms with E-state index in [0.717, 1.165) is 15.6 Å². The van der Waals surface area contributed by atoms with Gasteiger partial charge in [-0.3, -0.25) is 0 Å². The van der Waals surface area contributed by atoms with Crippen molar-refractivity contribution in [1.82, 2.24) is 0 Å². The maximum absolute atomic E-state index is 11.8. The summed E-state index contributed by atoms with van der Waals surface area (Å²) in [4.78, 5) is 11.8. The second-order valence-electron chi connectivity index (χ2n) is 4.83. The molecule has 1 aromatic carbocycles. The van der Waals surface area contributed by atoms with Crippen LogP contribution in [0.1, 0.15) is 49.5 Å². The summed E-state index contributed by atoms with van der Waals surface area (Å²) in [5.74, 6) is 0.0814. The Morgan fingerprint density at radius 1 is 1.45 bits per heavy atom. The van der Waals surface area contributed by atoms with Crippen LogP contribution in [0.5, 0.6) is 5.75 Å². The van der Waals surface area contributed by atoms with Crippen LogP contribution in [0, 0.1) is 6.92 Å². The van der Waals surface area contributed by atoms with Gasteiger partial charge in [0.2, 0.25) is 0 Å². The van der Waals surface area contributed by atoms with E-state index in [1.165, 1.54) is 7.11 Å². The van der Waals surface area contributed by atoms with Crippen LogP contribution in [-0.2, 0) is 9.53 Å². The smallest absolute Gasteiger partial charge is 0.339 e. The third-order valence-electron chi connectivity index (χ3n) is 3.16. The number of hydrogen-bond donors (Lipinski definition) is 1. The average Bonchev–Trinajstić information content (AvgIpc) is 2.40. The number of rotatable bonds is 5. The highest BCUT2D eigenvalue weighted by Gasteiger charge is 2.28. The molecule has 0 amide bonds. The number of ether oxygens (including phenoxy) is 2. The molecule has 0 aliphatic carbocycles. The third-order valence-corrected chi connectivity index (χ3v) is 3.98. The van der Waals surface area contributed by atoms with E-state index >= 15 is 0 Å². The van der Waals surface area contributed by atoms with Crippen molar-refractivity contribution in [2.75, 3.05) is 13.7 Å². The van der Waals surface area contributed by atoms with E-state index < -0.39 is 12.1 Å². The van der Waals surface area contributed by atoms with Crippen molar-refractivity contribution in [3.8, 4) is 5.75 Å². The van der Waals surface area contributed by atoms with Gasteiger partial charge in [0.1, 0.15) is 5.75 Å². The number of hydrogen-bond acceptors (Lipinski definition) is 4. The number of benzene rings is 1. The first-order valence-electron chi connectivity index (χ1n) is 6.56. The molecule has 1 atom stereocenters. The summed E-state index contributed by atoms with van der Waals surface area (Å²) in [5.41, 5.74) is 2.17. The van der Waals surface area contributed by atoms with Crippen LogP contribution in [0.25, 0.3) is 0 Å². The predicted molar refractivity (Wildman–Crippen MR) is 81.1 cm³/mol. The van der Waals surface area contributed by atoms with Gasteiger partial charge in [-0.1, -0.05) is 29.8 Å². The Morgan fingerprint density at radius 2 is 2.05 bits per heavy atom. The molecule has 1 aromatic rings. The summed E-state index contributed by atoms with van der Waals surface area (Å²) in [7, 11) is 1.54. The first-order chi connectivity index (χ1) is 9.34. The van der Waals surface area contributed by atoms with E-state index in [4.69, 9.17) is 9.47 Å². The van der Waals surface area contributed by atoms with Crippen LogP contribution in [-0.4, -0.2) is 24.8 Å². The SMILES string of the molecule is CCOC(=O)C(O)c1c(C)c(Br)cc(C(C)C)c1OC. The number of esters is 1. The van der Waals surface area contributed by atoms with Crippen molar-refractivity contribution in [3.63, 3.8) is 0 Å². The van der Waals surface area contributed by atoms with E-state index in [-0.39, 0.29) is 12.5 Å². The van der Waals surface area contributed by atoms with Gasteiger partial charge in [0.15, 0.2) is 6.10 Å². The first kappa shape index (κ1) is 17.0. The molecule has 0 saturated carbocycles. The van der Waals surface area contributed by atoms with Crippen LogP contribution < -0.4 is 4.74 Å². The topological polar surface area (TPSA) is 55.8 Å². The Kier molecular flexibility index (Phi) is 6.02. The first-order valence-corrected chi connectivity index (χ1v) is 7.35. The number of methoxy groups -OCH3 is 1. The molecule has 1 unspecified atom stereocenters. The maximum Gasteiger partial charge on any atom is 0.339 e. The van der Waals surface area contributed by atoms with Gasteiger partial charge in [-0.15, -0.1) is 0 Å². The lowest BCUT2D eigenvalue weighted by atomic mass is 9.93. The number of aliphatic hydroxyl groups excluding tert-OH is 1. The minimum atomic E-state index is -1.35. The molecule has 112 valence electrons. The van der Waals surface area contributed by atoms with Gasteiger partial charge in [0.25, 0.3) is 0 Å². The molecule has 0 heterocycles. The van der Waals surface area contributed by atoms with E-state index in [1.54, 1.807) is 6.92 Å². The Labute approximate surface area is 128 Å². The Hall–Kier alpha value is -1.07. The second-order valence-corrected chi connectivity index (χ2v) is 5.68. The summed E-state index contributed by atoms with van der Waals surface area (Å²) in [6, 6.07) is 1.96. The fourth-order valence-corrected chi connectivity index (χ4v) is 2.55. The molecule has 1 rings (SSSR count). The summed E-state index contributed by atoms with van der Waals surface area (Å²) >= 11 is 3.47. The highest BCUT2D eigenvalue weighted by molar-refractivity contribution is 9.10. The fraction of sp³-hybridized carbons (Fsp3) is 0.533. The minimum absolute atomic E-state index is 0.204. The molecule has 0 spiro atoms.